The Labute approximate surface area is 113 Å². The lowest BCUT2D eigenvalue weighted by Crippen LogP contribution is -2.32. The van der Waals surface area contributed by atoms with Crippen molar-refractivity contribution in [2.75, 3.05) is 6.54 Å². The molecule has 1 aromatic rings. The summed E-state index contributed by atoms with van der Waals surface area (Å²) in [6, 6.07) is 9.63. The Morgan fingerprint density at radius 3 is 2.95 bits per heavy atom. The van der Waals surface area contributed by atoms with Crippen LogP contribution in [0.5, 0.6) is 0 Å². The Bertz CT molecular complexity index is 434. The van der Waals surface area contributed by atoms with Gasteiger partial charge >= 0.3 is 6.16 Å². The van der Waals surface area contributed by atoms with E-state index in [1.54, 1.807) is 0 Å². The van der Waals surface area contributed by atoms with Crippen LogP contribution in [0.2, 0.25) is 0 Å². The van der Waals surface area contributed by atoms with Crippen molar-refractivity contribution in [2.45, 2.75) is 32.1 Å². The van der Waals surface area contributed by atoms with Gasteiger partial charge in [0.15, 0.2) is 6.23 Å². The zero-order valence-corrected chi connectivity index (χ0v) is 10.9. The highest BCUT2D eigenvalue weighted by Crippen LogP contribution is 2.38. The van der Waals surface area contributed by atoms with Gasteiger partial charge in [0.2, 0.25) is 0 Å². The molecule has 102 valence electrons. The van der Waals surface area contributed by atoms with E-state index in [4.69, 9.17) is 9.47 Å². The average Bonchev–Trinajstić information content (AvgIpc) is 3.03. The fourth-order valence-electron chi connectivity index (χ4n) is 3.12. The number of ether oxygens (including phenoxy) is 2. The third-order valence-electron chi connectivity index (χ3n) is 4.11. The van der Waals surface area contributed by atoms with Crippen LogP contribution < -0.4 is 5.32 Å². The number of nitrogens with one attached hydrogen (secondary N) is 1. The van der Waals surface area contributed by atoms with Crippen LogP contribution >= 0.6 is 0 Å². The second kappa shape index (κ2) is 5.61. The molecule has 1 saturated heterocycles. The maximum atomic E-state index is 11.7. The van der Waals surface area contributed by atoms with Crippen molar-refractivity contribution >= 4 is 6.16 Å². The molecule has 1 aromatic carbocycles. The zero-order valence-electron chi connectivity index (χ0n) is 10.9. The van der Waals surface area contributed by atoms with Crippen LogP contribution in [0.3, 0.4) is 0 Å². The zero-order chi connectivity index (χ0) is 13.1. The Morgan fingerprint density at radius 1 is 1.26 bits per heavy atom. The molecule has 2 unspecified atom stereocenters. The fraction of sp³-hybridized carbons (Fsp3) is 0.533. The summed E-state index contributed by atoms with van der Waals surface area (Å²) in [6.45, 7) is 1.22. The van der Waals surface area contributed by atoms with Gasteiger partial charge in [0.05, 0.1) is 0 Å². The van der Waals surface area contributed by atoms with E-state index in [2.05, 4.69) is 5.32 Å². The van der Waals surface area contributed by atoms with Crippen molar-refractivity contribution in [3.8, 4) is 0 Å². The number of benzene rings is 1. The molecule has 1 saturated carbocycles. The van der Waals surface area contributed by atoms with E-state index in [9.17, 15) is 4.79 Å². The molecule has 4 heteroatoms. The van der Waals surface area contributed by atoms with E-state index < -0.39 is 6.16 Å². The highest BCUT2D eigenvalue weighted by Gasteiger charge is 2.41. The van der Waals surface area contributed by atoms with Gasteiger partial charge in [0.1, 0.15) is 6.61 Å². The van der Waals surface area contributed by atoms with Crippen LogP contribution in [0.1, 0.15) is 24.8 Å². The molecule has 1 N–H and O–H groups in total. The fourth-order valence-corrected chi connectivity index (χ4v) is 3.12. The van der Waals surface area contributed by atoms with Gasteiger partial charge in [-0.25, -0.2) is 4.79 Å². The van der Waals surface area contributed by atoms with Crippen molar-refractivity contribution in [3.63, 3.8) is 0 Å². The van der Waals surface area contributed by atoms with Crippen molar-refractivity contribution in [3.05, 3.63) is 35.9 Å². The molecule has 1 aliphatic heterocycles. The molecule has 2 fully saturated rings. The molecule has 0 aromatic heterocycles. The highest BCUT2D eigenvalue weighted by molar-refractivity contribution is 5.60. The molecule has 19 heavy (non-hydrogen) atoms. The van der Waals surface area contributed by atoms with Crippen molar-refractivity contribution in [2.24, 2.45) is 11.8 Å². The Balaban J connectivity index is 1.46. The van der Waals surface area contributed by atoms with E-state index >= 15 is 0 Å². The third-order valence-corrected chi connectivity index (χ3v) is 4.11. The summed E-state index contributed by atoms with van der Waals surface area (Å²) in [5, 5.41) is 3.26. The standard InChI is InChI=1S/C15H19NO3/c17-15(18-10-11-5-2-1-3-6-11)19-14-13-8-4-7-12(13)9-16-14/h1-3,5-6,12-14,16H,4,7-10H2/t12?,13?,14-/m0/s1. The largest absolute Gasteiger partial charge is 0.510 e. The molecule has 3 rings (SSSR count). The molecule has 0 radical (unpaired) electrons. The Hall–Kier alpha value is -1.55. The van der Waals surface area contributed by atoms with Gasteiger partial charge < -0.3 is 9.47 Å². The topological polar surface area (TPSA) is 47.6 Å². The van der Waals surface area contributed by atoms with Crippen molar-refractivity contribution in [1.29, 1.82) is 0 Å². The molecule has 0 bridgehead atoms. The van der Waals surface area contributed by atoms with E-state index in [-0.39, 0.29) is 12.8 Å². The van der Waals surface area contributed by atoms with Gasteiger partial charge in [-0.3, -0.25) is 5.32 Å². The lowest BCUT2D eigenvalue weighted by Gasteiger charge is -2.18. The van der Waals surface area contributed by atoms with Gasteiger partial charge in [-0.15, -0.1) is 0 Å². The molecule has 4 nitrogen and oxygen atoms in total. The van der Waals surface area contributed by atoms with E-state index in [0.29, 0.717) is 11.8 Å². The van der Waals surface area contributed by atoms with E-state index in [1.807, 2.05) is 30.3 Å². The van der Waals surface area contributed by atoms with Crippen molar-refractivity contribution in [1.82, 2.24) is 5.32 Å². The number of rotatable bonds is 3. The number of hydrogen-bond acceptors (Lipinski definition) is 4. The Morgan fingerprint density at radius 2 is 2.11 bits per heavy atom. The lowest BCUT2D eigenvalue weighted by atomic mass is 9.99. The van der Waals surface area contributed by atoms with Gasteiger partial charge in [0, 0.05) is 12.5 Å². The summed E-state index contributed by atoms with van der Waals surface area (Å²) in [7, 11) is 0. The van der Waals surface area contributed by atoms with Crippen LogP contribution in [0.25, 0.3) is 0 Å². The molecular weight excluding hydrogens is 242 g/mol. The molecule has 3 atom stereocenters. The minimum atomic E-state index is -0.575. The Kier molecular flexibility index (Phi) is 3.69. The maximum Gasteiger partial charge on any atom is 0.510 e. The first-order chi connectivity index (χ1) is 9.33. The number of carbonyl (C=O) groups is 1. The highest BCUT2D eigenvalue weighted by atomic mass is 16.7. The molecule has 0 amide bonds. The van der Waals surface area contributed by atoms with Gasteiger partial charge in [-0.05, 0) is 24.3 Å². The predicted molar refractivity (Wildman–Crippen MR) is 70.3 cm³/mol. The molecule has 1 heterocycles. The van der Waals surface area contributed by atoms with Gasteiger partial charge in [-0.1, -0.05) is 36.8 Å². The SMILES string of the molecule is O=C(OCc1ccccc1)O[C@@H]1NCC2CCCC21. The first-order valence-electron chi connectivity index (χ1n) is 6.93. The maximum absolute atomic E-state index is 11.7. The molecule has 2 aliphatic rings. The van der Waals surface area contributed by atoms with Crippen LogP contribution in [0.4, 0.5) is 4.79 Å². The summed E-state index contributed by atoms with van der Waals surface area (Å²) in [5.41, 5.74) is 0.970. The number of fused-ring (bicyclic) bond motifs is 1. The van der Waals surface area contributed by atoms with Gasteiger partial charge in [-0.2, -0.15) is 0 Å². The van der Waals surface area contributed by atoms with Crippen LogP contribution in [0, 0.1) is 11.8 Å². The first kappa shape index (κ1) is 12.5. The van der Waals surface area contributed by atoms with E-state index in [0.717, 1.165) is 18.5 Å². The summed E-state index contributed by atoms with van der Waals surface area (Å²) in [5.74, 6) is 1.15. The lowest BCUT2D eigenvalue weighted by molar-refractivity contribution is -0.00266. The summed E-state index contributed by atoms with van der Waals surface area (Å²) >= 11 is 0. The predicted octanol–water partition coefficient (Wildman–Crippen LogP) is 2.69. The van der Waals surface area contributed by atoms with Crippen molar-refractivity contribution < 1.29 is 14.3 Å². The number of hydrogen-bond donors (Lipinski definition) is 1. The summed E-state index contributed by atoms with van der Waals surface area (Å²) < 4.78 is 10.5. The quantitative estimate of drug-likeness (QED) is 0.850. The third kappa shape index (κ3) is 2.89. The molecule has 1 aliphatic carbocycles. The smallest absolute Gasteiger partial charge is 0.429 e. The second-order valence-electron chi connectivity index (χ2n) is 5.33. The van der Waals surface area contributed by atoms with Crippen LogP contribution in [-0.4, -0.2) is 18.9 Å². The first-order valence-corrected chi connectivity index (χ1v) is 6.93. The van der Waals surface area contributed by atoms with E-state index in [1.165, 1.54) is 12.8 Å². The summed E-state index contributed by atoms with van der Waals surface area (Å²) in [4.78, 5) is 11.7. The molecular formula is C15H19NO3. The minimum absolute atomic E-state index is 0.157. The minimum Gasteiger partial charge on any atom is -0.429 e. The van der Waals surface area contributed by atoms with Crippen LogP contribution in [-0.2, 0) is 16.1 Å². The summed E-state index contributed by atoms with van der Waals surface area (Å²) in [6.07, 6.45) is 2.91. The van der Waals surface area contributed by atoms with Crippen LogP contribution in [0.15, 0.2) is 30.3 Å². The second-order valence-corrected chi connectivity index (χ2v) is 5.33. The number of carbonyl (C=O) groups excluding carboxylic acids is 1. The monoisotopic (exact) mass is 261 g/mol. The molecule has 0 spiro atoms. The average molecular weight is 261 g/mol. The normalized spacial score (nSPS) is 28.9. The van der Waals surface area contributed by atoms with Gasteiger partial charge in [0.25, 0.3) is 0 Å².